The number of nitrogens with one attached hydrogen (secondary N) is 1. The highest BCUT2D eigenvalue weighted by Crippen LogP contribution is 2.12. The summed E-state index contributed by atoms with van der Waals surface area (Å²) in [6, 6.07) is 11.0. The maximum Gasteiger partial charge on any atom is 0.257 e. The van der Waals surface area contributed by atoms with Crippen LogP contribution in [-0.4, -0.2) is 23.3 Å². The Kier molecular flexibility index (Phi) is 6.04. The van der Waals surface area contributed by atoms with Crippen LogP contribution in [0.15, 0.2) is 70.1 Å². The van der Waals surface area contributed by atoms with Crippen molar-refractivity contribution in [2.45, 2.75) is 19.5 Å². The standard InChI is InChI=1S/C20H19FN2O4/c21-17-5-3-15(4-6-17)13-23(20(25)16-8-11-26-14-16)9-7-19(24)22-12-18-2-1-10-27-18/h1-6,8,10-11,14H,7,9,12-13H2,(H,22,24). The van der Waals surface area contributed by atoms with Gasteiger partial charge in [0.05, 0.1) is 24.6 Å². The second kappa shape index (κ2) is 8.84. The second-order valence-corrected chi connectivity index (χ2v) is 5.97. The van der Waals surface area contributed by atoms with Gasteiger partial charge in [-0.15, -0.1) is 0 Å². The summed E-state index contributed by atoms with van der Waals surface area (Å²) in [5, 5.41) is 2.75. The van der Waals surface area contributed by atoms with Gasteiger partial charge >= 0.3 is 0 Å². The molecule has 0 spiro atoms. The van der Waals surface area contributed by atoms with E-state index in [0.717, 1.165) is 5.56 Å². The molecule has 140 valence electrons. The molecule has 2 heterocycles. The number of furan rings is 2. The van der Waals surface area contributed by atoms with Crippen LogP contribution in [0.5, 0.6) is 0 Å². The number of hydrogen-bond donors (Lipinski definition) is 1. The number of benzene rings is 1. The SMILES string of the molecule is O=C(CCN(Cc1ccc(F)cc1)C(=O)c1ccoc1)NCc1ccco1. The van der Waals surface area contributed by atoms with E-state index < -0.39 is 0 Å². The minimum Gasteiger partial charge on any atom is -0.472 e. The van der Waals surface area contributed by atoms with Gasteiger partial charge in [-0.25, -0.2) is 4.39 Å². The summed E-state index contributed by atoms with van der Waals surface area (Å²) in [5.41, 5.74) is 1.16. The topological polar surface area (TPSA) is 75.7 Å². The predicted octanol–water partition coefficient (Wildman–Crippen LogP) is 3.36. The van der Waals surface area contributed by atoms with Crippen LogP contribution in [0.4, 0.5) is 4.39 Å². The number of carbonyl (C=O) groups is 2. The molecule has 7 heteroatoms. The molecule has 3 aromatic rings. The average Bonchev–Trinajstić information content (AvgIpc) is 3.38. The van der Waals surface area contributed by atoms with E-state index >= 15 is 0 Å². The van der Waals surface area contributed by atoms with E-state index in [1.54, 1.807) is 30.3 Å². The van der Waals surface area contributed by atoms with Crippen molar-refractivity contribution in [3.8, 4) is 0 Å². The van der Waals surface area contributed by atoms with Gasteiger partial charge in [0.25, 0.3) is 5.91 Å². The maximum absolute atomic E-state index is 13.1. The molecule has 2 amide bonds. The smallest absolute Gasteiger partial charge is 0.257 e. The lowest BCUT2D eigenvalue weighted by Crippen LogP contribution is -2.34. The Balaban J connectivity index is 1.61. The Morgan fingerprint density at radius 1 is 1.07 bits per heavy atom. The minimum atomic E-state index is -0.344. The summed E-state index contributed by atoms with van der Waals surface area (Å²) in [6.45, 7) is 0.764. The van der Waals surface area contributed by atoms with Gasteiger partial charge in [-0.1, -0.05) is 12.1 Å². The van der Waals surface area contributed by atoms with E-state index in [2.05, 4.69) is 5.32 Å². The lowest BCUT2D eigenvalue weighted by Gasteiger charge is -2.22. The normalized spacial score (nSPS) is 10.6. The molecule has 0 saturated heterocycles. The zero-order valence-corrected chi connectivity index (χ0v) is 14.6. The third-order valence-corrected chi connectivity index (χ3v) is 3.99. The van der Waals surface area contributed by atoms with Crippen molar-refractivity contribution in [1.82, 2.24) is 10.2 Å². The van der Waals surface area contributed by atoms with Crippen LogP contribution >= 0.6 is 0 Å². The van der Waals surface area contributed by atoms with Crippen molar-refractivity contribution in [3.63, 3.8) is 0 Å². The van der Waals surface area contributed by atoms with Gasteiger partial charge in [0, 0.05) is 19.5 Å². The number of carbonyl (C=O) groups excluding carboxylic acids is 2. The molecule has 27 heavy (non-hydrogen) atoms. The third-order valence-electron chi connectivity index (χ3n) is 3.99. The van der Waals surface area contributed by atoms with E-state index in [-0.39, 0.29) is 37.1 Å². The molecule has 1 aromatic carbocycles. The van der Waals surface area contributed by atoms with Crippen molar-refractivity contribution >= 4 is 11.8 Å². The number of nitrogens with zero attached hydrogens (tertiary/aromatic N) is 1. The van der Waals surface area contributed by atoms with E-state index in [1.165, 1.54) is 35.8 Å². The molecule has 0 atom stereocenters. The van der Waals surface area contributed by atoms with E-state index in [9.17, 15) is 14.0 Å². The molecular weight excluding hydrogens is 351 g/mol. The lowest BCUT2D eigenvalue weighted by molar-refractivity contribution is -0.121. The highest BCUT2D eigenvalue weighted by molar-refractivity contribution is 5.94. The predicted molar refractivity (Wildman–Crippen MR) is 95.0 cm³/mol. The molecule has 6 nitrogen and oxygen atoms in total. The van der Waals surface area contributed by atoms with Gasteiger partial charge in [0.2, 0.25) is 5.91 Å². The van der Waals surface area contributed by atoms with Crippen LogP contribution in [0.25, 0.3) is 0 Å². The quantitative estimate of drug-likeness (QED) is 0.660. The van der Waals surface area contributed by atoms with Gasteiger partial charge in [0.1, 0.15) is 17.8 Å². The Bertz CT molecular complexity index is 858. The zero-order chi connectivity index (χ0) is 19.1. The number of amides is 2. The van der Waals surface area contributed by atoms with Gasteiger partial charge in [0.15, 0.2) is 0 Å². The number of rotatable bonds is 8. The Morgan fingerprint density at radius 2 is 1.89 bits per heavy atom. The molecule has 0 aliphatic carbocycles. The first-order valence-electron chi connectivity index (χ1n) is 8.47. The Labute approximate surface area is 155 Å². The van der Waals surface area contributed by atoms with E-state index in [1.807, 2.05) is 0 Å². The molecule has 0 fully saturated rings. The minimum absolute atomic E-state index is 0.130. The Morgan fingerprint density at radius 3 is 2.56 bits per heavy atom. The van der Waals surface area contributed by atoms with Crippen LogP contribution in [-0.2, 0) is 17.9 Å². The van der Waals surface area contributed by atoms with E-state index in [0.29, 0.717) is 17.9 Å². The summed E-state index contributed by atoms with van der Waals surface area (Å²) in [7, 11) is 0. The molecule has 0 aliphatic heterocycles. The van der Waals surface area contributed by atoms with Crippen LogP contribution in [0, 0.1) is 5.82 Å². The summed E-state index contributed by atoms with van der Waals surface area (Å²) in [6.07, 6.45) is 4.44. The van der Waals surface area contributed by atoms with Crippen LogP contribution in [0.2, 0.25) is 0 Å². The van der Waals surface area contributed by atoms with Crippen molar-refractivity contribution in [1.29, 1.82) is 0 Å². The van der Waals surface area contributed by atoms with Crippen molar-refractivity contribution < 1.29 is 22.8 Å². The average molecular weight is 370 g/mol. The number of halogens is 1. The van der Waals surface area contributed by atoms with Gasteiger partial charge in [-0.2, -0.15) is 0 Å². The first-order valence-corrected chi connectivity index (χ1v) is 8.47. The Hall–Kier alpha value is -3.35. The monoisotopic (exact) mass is 370 g/mol. The molecular formula is C20H19FN2O4. The van der Waals surface area contributed by atoms with Crippen LogP contribution < -0.4 is 5.32 Å². The molecule has 2 aromatic heterocycles. The fraction of sp³-hybridized carbons (Fsp3) is 0.200. The fourth-order valence-corrected chi connectivity index (χ4v) is 2.56. The summed E-state index contributed by atoms with van der Waals surface area (Å²) in [5.74, 6) is -0.146. The van der Waals surface area contributed by atoms with Crippen LogP contribution in [0.3, 0.4) is 0 Å². The molecule has 1 N–H and O–H groups in total. The summed E-state index contributed by atoms with van der Waals surface area (Å²) < 4.78 is 23.2. The molecule has 0 bridgehead atoms. The van der Waals surface area contributed by atoms with Gasteiger partial charge in [-0.05, 0) is 35.9 Å². The molecule has 0 unspecified atom stereocenters. The number of hydrogen-bond acceptors (Lipinski definition) is 4. The molecule has 0 aliphatic rings. The highest BCUT2D eigenvalue weighted by Gasteiger charge is 2.18. The van der Waals surface area contributed by atoms with Gasteiger partial charge in [-0.3, -0.25) is 9.59 Å². The molecule has 0 radical (unpaired) electrons. The largest absolute Gasteiger partial charge is 0.472 e. The molecule has 0 saturated carbocycles. The van der Waals surface area contributed by atoms with Crippen molar-refractivity contribution in [2.75, 3.05) is 6.54 Å². The molecule has 3 rings (SSSR count). The van der Waals surface area contributed by atoms with Gasteiger partial charge < -0.3 is 19.1 Å². The first-order chi connectivity index (χ1) is 13.1. The van der Waals surface area contributed by atoms with E-state index in [4.69, 9.17) is 8.83 Å². The second-order valence-electron chi connectivity index (χ2n) is 5.97. The zero-order valence-electron chi connectivity index (χ0n) is 14.6. The highest BCUT2D eigenvalue weighted by atomic mass is 19.1. The van der Waals surface area contributed by atoms with Crippen LogP contribution in [0.1, 0.15) is 28.1 Å². The lowest BCUT2D eigenvalue weighted by atomic mass is 10.2. The summed E-state index contributed by atoms with van der Waals surface area (Å²) in [4.78, 5) is 26.3. The fourth-order valence-electron chi connectivity index (χ4n) is 2.56. The maximum atomic E-state index is 13.1. The van der Waals surface area contributed by atoms with Crippen molar-refractivity contribution in [2.24, 2.45) is 0 Å². The third kappa shape index (κ3) is 5.31. The summed E-state index contributed by atoms with van der Waals surface area (Å²) >= 11 is 0. The first kappa shape index (κ1) is 18.4. The van der Waals surface area contributed by atoms with Crippen molar-refractivity contribution in [3.05, 3.63) is 84.0 Å².